The molecule has 0 fully saturated rings. The van der Waals surface area contributed by atoms with Crippen molar-refractivity contribution in [3.63, 3.8) is 0 Å². The molecule has 8 heteroatoms. The van der Waals surface area contributed by atoms with Gasteiger partial charge >= 0.3 is 5.97 Å². The van der Waals surface area contributed by atoms with Crippen molar-refractivity contribution in [1.82, 2.24) is 9.97 Å². The number of aryl methyl sites for hydroxylation is 1. The highest BCUT2D eigenvalue weighted by molar-refractivity contribution is 7.99. The average molecular weight is 432 g/mol. The Balaban J connectivity index is 2.13. The van der Waals surface area contributed by atoms with Crippen LogP contribution in [0.1, 0.15) is 42.7 Å². The number of ether oxygens (including phenoxy) is 1. The van der Waals surface area contributed by atoms with Crippen molar-refractivity contribution in [2.24, 2.45) is 5.92 Å². The lowest BCUT2D eigenvalue weighted by atomic mass is 9.85. The predicted molar refractivity (Wildman–Crippen MR) is 119 cm³/mol. The molecule has 1 aliphatic heterocycles. The summed E-state index contributed by atoms with van der Waals surface area (Å²) in [5.74, 6) is 0.836. The zero-order valence-corrected chi connectivity index (χ0v) is 18.6. The molecule has 3 heterocycles. The maximum Gasteiger partial charge on any atom is 0.337 e. The first-order valence-electron chi connectivity index (χ1n) is 9.40. The number of rotatable bonds is 7. The molecule has 29 heavy (non-hydrogen) atoms. The fourth-order valence-electron chi connectivity index (χ4n) is 3.17. The van der Waals surface area contributed by atoms with Gasteiger partial charge in [0, 0.05) is 16.3 Å². The Morgan fingerprint density at radius 1 is 1.45 bits per heavy atom. The second kappa shape index (κ2) is 9.00. The van der Waals surface area contributed by atoms with Gasteiger partial charge in [-0.3, -0.25) is 4.79 Å². The summed E-state index contributed by atoms with van der Waals surface area (Å²) in [6, 6.07) is 1.98. The molecule has 0 aliphatic carbocycles. The monoisotopic (exact) mass is 431 g/mol. The van der Waals surface area contributed by atoms with Crippen LogP contribution in [-0.4, -0.2) is 28.3 Å². The molecule has 1 atom stereocenters. The molecule has 2 N–H and O–H groups in total. The third-order valence-corrected chi connectivity index (χ3v) is 6.87. The summed E-state index contributed by atoms with van der Waals surface area (Å²) in [6.07, 6.45) is 1.52. The van der Waals surface area contributed by atoms with Gasteiger partial charge < -0.3 is 15.0 Å². The van der Waals surface area contributed by atoms with Gasteiger partial charge in [0.05, 0.1) is 17.1 Å². The Labute approximate surface area is 178 Å². The molecule has 1 aliphatic rings. The van der Waals surface area contributed by atoms with Crippen LogP contribution in [0.15, 0.2) is 45.3 Å². The molecule has 2 aromatic heterocycles. The van der Waals surface area contributed by atoms with Gasteiger partial charge in [-0.25, -0.2) is 9.78 Å². The van der Waals surface area contributed by atoms with E-state index in [1.165, 1.54) is 29.2 Å². The predicted octanol–water partition coefficient (Wildman–Crippen LogP) is 4.45. The summed E-state index contributed by atoms with van der Waals surface area (Å²) in [5.41, 5.74) is 2.29. The van der Waals surface area contributed by atoms with Crippen LogP contribution >= 0.6 is 23.1 Å². The third kappa shape index (κ3) is 4.48. The highest BCUT2D eigenvalue weighted by Gasteiger charge is 2.37. The van der Waals surface area contributed by atoms with Gasteiger partial charge in [0.15, 0.2) is 5.16 Å². The fraction of sp³-hybridized carbons (Fsp3) is 0.381. The van der Waals surface area contributed by atoms with E-state index in [1.807, 2.05) is 25.3 Å². The molecule has 154 valence electrons. The summed E-state index contributed by atoms with van der Waals surface area (Å²) in [6.45, 7) is 11.7. The zero-order chi connectivity index (χ0) is 21.1. The largest absolute Gasteiger partial charge is 0.458 e. The van der Waals surface area contributed by atoms with Crippen molar-refractivity contribution in [3.05, 3.63) is 61.7 Å². The molecule has 0 saturated carbocycles. The van der Waals surface area contributed by atoms with E-state index in [0.29, 0.717) is 33.7 Å². The maximum atomic E-state index is 13.1. The van der Waals surface area contributed by atoms with E-state index >= 15 is 0 Å². The number of anilines is 1. The van der Waals surface area contributed by atoms with Crippen LogP contribution in [-0.2, 0) is 9.53 Å². The highest BCUT2D eigenvalue weighted by atomic mass is 32.2. The Kier molecular flexibility index (Phi) is 6.64. The maximum absolute atomic E-state index is 13.1. The molecule has 0 radical (unpaired) electrons. The van der Waals surface area contributed by atoms with E-state index in [1.54, 1.807) is 0 Å². The number of thioether (sulfide) groups is 1. The molecular weight excluding hydrogens is 406 g/mol. The van der Waals surface area contributed by atoms with E-state index in [9.17, 15) is 9.59 Å². The summed E-state index contributed by atoms with van der Waals surface area (Å²) >= 11 is 3.03. The first-order valence-corrected chi connectivity index (χ1v) is 11.3. The lowest BCUT2D eigenvalue weighted by molar-refractivity contribution is -0.138. The fourth-order valence-corrected chi connectivity index (χ4v) is 5.03. The molecule has 6 nitrogen and oxygen atoms in total. The van der Waals surface area contributed by atoms with E-state index in [0.717, 1.165) is 16.2 Å². The second-order valence-corrected chi connectivity index (χ2v) is 9.25. The van der Waals surface area contributed by atoms with Crippen LogP contribution < -0.4 is 10.9 Å². The quantitative estimate of drug-likeness (QED) is 0.292. The molecule has 0 amide bonds. The smallest absolute Gasteiger partial charge is 0.337 e. The van der Waals surface area contributed by atoms with Gasteiger partial charge in [-0.1, -0.05) is 38.3 Å². The van der Waals surface area contributed by atoms with E-state index < -0.39 is 11.9 Å². The summed E-state index contributed by atoms with van der Waals surface area (Å²) in [7, 11) is 0. The van der Waals surface area contributed by atoms with Crippen molar-refractivity contribution < 1.29 is 9.53 Å². The number of nitrogens with one attached hydrogen (secondary N) is 2. The highest BCUT2D eigenvalue weighted by Crippen LogP contribution is 2.43. The minimum atomic E-state index is -0.524. The number of fused-ring (bicyclic) bond motifs is 1. The number of H-pyrrole nitrogens is 1. The minimum Gasteiger partial charge on any atom is -0.458 e. The lowest BCUT2D eigenvalue weighted by Crippen LogP contribution is -2.31. The zero-order valence-electron chi connectivity index (χ0n) is 17.0. The molecule has 0 spiro atoms. The Morgan fingerprint density at radius 3 is 2.83 bits per heavy atom. The van der Waals surface area contributed by atoms with Crippen LogP contribution in [0.3, 0.4) is 0 Å². The molecule has 0 saturated heterocycles. The van der Waals surface area contributed by atoms with Gasteiger partial charge in [0.1, 0.15) is 12.4 Å². The van der Waals surface area contributed by atoms with E-state index in [2.05, 4.69) is 35.7 Å². The van der Waals surface area contributed by atoms with Gasteiger partial charge in [-0.15, -0.1) is 11.3 Å². The van der Waals surface area contributed by atoms with Crippen molar-refractivity contribution in [2.45, 2.75) is 38.8 Å². The third-order valence-electron chi connectivity index (χ3n) is 4.49. The van der Waals surface area contributed by atoms with Crippen molar-refractivity contribution >= 4 is 34.9 Å². The van der Waals surface area contributed by atoms with Gasteiger partial charge in [-0.2, -0.15) is 0 Å². The number of hydrogen-bond donors (Lipinski definition) is 2. The van der Waals surface area contributed by atoms with Crippen molar-refractivity contribution in [1.29, 1.82) is 0 Å². The van der Waals surface area contributed by atoms with Gasteiger partial charge in [0.2, 0.25) is 0 Å². The normalized spacial score (nSPS) is 15.8. The van der Waals surface area contributed by atoms with Crippen molar-refractivity contribution in [2.75, 3.05) is 17.7 Å². The second-order valence-electron chi connectivity index (χ2n) is 7.29. The summed E-state index contributed by atoms with van der Waals surface area (Å²) in [4.78, 5) is 34.4. The Morgan fingerprint density at radius 2 is 2.21 bits per heavy atom. The molecule has 3 rings (SSSR count). The minimum absolute atomic E-state index is 0.109. The molecule has 0 bridgehead atoms. The number of carbonyl (C=O) groups is 1. The van der Waals surface area contributed by atoms with Crippen LogP contribution in [0.2, 0.25) is 0 Å². The Bertz CT molecular complexity index is 1020. The van der Waals surface area contributed by atoms with Crippen LogP contribution in [0.5, 0.6) is 0 Å². The average Bonchev–Trinajstić information content (AvgIpc) is 3.08. The van der Waals surface area contributed by atoms with Crippen LogP contribution in [0.4, 0.5) is 5.82 Å². The number of aromatic nitrogens is 2. The first-order chi connectivity index (χ1) is 13.8. The summed E-state index contributed by atoms with van der Waals surface area (Å²) < 4.78 is 5.33. The molecule has 0 unspecified atom stereocenters. The van der Waals surface area contributed by atoms with E-state index in [-0.39, 0.29) is 12.2 Å². The van der Waals surface area contributed by atoms with E-state index in [4.69, 9.17) is 4.74 Å². The number of carbonyl (C=O) groups excluding carboxylic acids is 1. The van der Waals surface area contributed by atoms with Gasteiger partial charge in [0.25, 0.3) is 5.56 Å². The van der Waals surface area contributed by atoms with Crippen LogP contribution in [0.25, 0.3) is 0 Å². The first kappa shape index (κ1) is 21.4. The van der Waals surface area contributed by atoms with Crippen molar-refractivity contribution in [3.8, 4) is 0 Å². The molecular formula is C21H25N3O3S2. The number of esters is 1. The molecule has 2 aromatic rings. The Hall–Kier alpha value is -2.32. The topological polar surface area (TPSA) is 84.1 Å². The summed E-state index contributed by atoms with van der Waals surface area (Å²) in [5, 5.41) is 5.69. The number of hydrogen-bond acceptors (Lipinski definition) is 7. The standard InChI is InChI=1S/C21H25N3O3S2/c1-6-8-27-20(26)14-13(5)22-18-16(15(14)17-12(4)7-9-28-17)19(25)24-21(23-18)29-10-11(2)3/h6-7,9,11,15H,1,8,10H2,2-5H3,(H2,22,23,24,25)/t15-/m0/s1. The molecule has 0 aromatic carbocycles. The number of thiophene rings is 1. The number of allylic oxidation sites excluding steroid dienone is 1. The number of aromatic amines is 1. The SMILES string of the molecule is C=CCOC(=O)C1=C(C)Nc2nc(SCC(C)C)[nH]c(=O)c2[C@H]1c1sccc1C. The van der Waals surface area contributed by atoms with Gasteiger partial charge in [-0.05, 0) is 36.8 Å². The van der Waals surface area contributed by atoms with Crippen LogP contribution in [0, 0.1) is 12.8 Å². The lowest BCUT2D eigenvalue weighted by Gasteiger charge is -2.28. The number of nitrogens with zero attached hydrogens (tertiary/aromatic N) is 1.